The predicted molar refractivity (Wildman–Crippen MR) is 46.8 cm³/mol. The van der Waals surface area contributed by atoms with Gasteiger partial charge in [-0.05, 0) is 17.2 Å². The summed E-state index contributed by atoms with van der Waals surface area (Å²) in [6.45, 7) is 4.00. The first-order valence-electron chi connectivity index (χ1n) is 3.86. The highest BCUT2D eigenvalue weighted by Crippen LogP contribution is 2.05. The Morgan fingerprint density at radius 3 is 2.09 bits per heavy atom. The molecule has 1 rings (SSSR count). The molecule has 0 bridgehead atoms. The van der Waals surface area contributed by atoms with Crippen LogP contribution in [0.4, 0.5) is 5.69 Å². The van der Waals surface area contributed by atoms with Crippen LogP contribution in [-0.4, -0.2) is 7.05 Å². The van der Waals surface area contributed by atoms with E-state index < -0.39 is 0 Å². The normalized spacial score (nSPS) is 9.00. The number of para-hydroxylation sites is 1. The van der Waals surface area contributed by atoms with Crippen LogP contribution in [0.25, 0.3) is 0 Å². The Bertz CT molecular complexity index is 192. The number of azo groups is 1. The second-order valence-electron chi connectivity index (χ2n) is 1.67. The highest BCUT2D eigenvalue weighted by molar-refractivity contribution is 5.33. The predicted octanol–water partition coefficient (Wildman–Crippen LogP) is 1.51. The number of nitrogens with zero attached hydrogens (tertiary/aromatic N) is 1. The average Bonchev–Trinajstić information content (AvgIpc) is 2.11. The zero-order valence-corrected chi connectivity index (χ0v) is 7.33. The van der Waals surface area contributed by atoms with Crippen molar-refractivity contribution in [2.45, 2.75) is 13.8 Å². The molecule has 0 aliphatic carbocycles. The summed E-state index contributed by atoms with van der Waals surface area (Å²) in [7, 11) is 1.78. The zero-order chi connectivity index (χ0) is 8.53. The van der Waals surface area contributed by atoms with Crippen molar-refractivity contribution in [3.8, 4) is 0 Å². The summed E-state index contributed by atoms with van der Waals surface area (Å²) in [5.74, 6) is 0. The highest BCUT2D eigenvalue weighted by atomic mass is 15.1. The summed E-state index contributed by atoms with van der Waals surface area (Å²) in [5.41, 5.74) is 0.958. The van der Waals surface area contributed by atoms with E-state index in [2.05, 4.69) is 10.2 Å². The summed E-state index contributed by atoms with van der Waals surface area (Å²) < 4.78 is 0. The quantitative estimate of drug-likeness (QED) is 0.589. The van der Waals surface area contributed by atoms with Crippen LogP contribution in [-0.2, 0) is 0 Å². The van der Waals surface area contributed by atoms with Gasteiger partial charge in [-0.1, -0.05) is 32.0 Å². The zero-order valence-electron chi connectivity index (χ0n) is 7.33. The SMILES string of the molecule is CC.C[NH+]=Nc1ccccc1. The van der Waals surface area contributed by atoms with Crippen LogP contribution in [0.5, 0.6) is 0 Å². The molecule has 1 aromatic rings. The smallest absolute Gasteiger partial charge is 0.140 e. The number of hydrogen-bond acceptors (Lipinski definition) is 1. The van der Waals surface area contributed by atoms with Crippen LogP contribution < -0.4 is 5.11 Å². The molecule has 0 aliphatic rings. The first kappa shape index (κ1) is 9.82. The van der Waals surface area contributed by atoms with Gasteiger partial charge in [-0.3, -0.25) is 0 Å². The van der Waals surface area contributed by atoms with E-state index in [1.807, 2.05) is 44.2 Å². The average molecular weight is 151 g/mol. The molecule has 0 heterocycles. The largest absolute Gasteiger partial charge is 0.156 e. The van der Waals surface area contributed by atoms with Gasteiger partial charge in [0.2, 0.25) is 0 Å². The van der Waals surface area contributed by atoms with Crippen LogP contribution in [0.15, 0.2) is 35.4 Å². The topological polar surface area (TPSA) is 26.3 Å². The van der Waals surface area contributed by atoms with E-state index in [9.17, 15) is 0 Å². The molecular formula is C9H15N2+. The van der Waals surface area contributed by atoms with Gasteiger partial charge in [0, 0.05) is 0 Å². The maximum Gasteiger partial charge on any atom is 0.156 e. The minimum atomic E-state index is 0.958. The third kappa shape index (κ3) is 4.25. The third-order valence-electron chi connectivity index (χ3n) is 0.997. The van der Waals surface area contributed by atoms with Gasteiger partial charge in [0.05, 0.1) is 0 Å². The minimum Gasteiger partial charge on any atom is -0.140 e. The molecule has 60 valence electrons. The summed E-state index contributed by atoms with van der Waals surface area (Å²) in [4.78, 5) is 0. The van der Waals surface area contributed by atoms with Crippen LogP contribution in [0.2, 0.25) is 0 Å². The summed E-state index contributed by atoms with van der Waals surface area (Å²) >= 11 is 0. The van der Waals surface area contributed by atoms with Crippen molar-refractivity contribution in [2.24, 2.45) is 5.11 Å². The van der Waals surface area contributed by atoms with Gasteiger partial charge in [-0.25, -0.2) is 0 Å². The Morgan fingerprint density at radius 2 is 1.64 bits per heavy atom. The first-order chi connectivity index (χ1) is 5.43. The van der Waals surface area contributed by atoms with Gasteiger partial charge in [0.15, 0.2) is 7.05 Å². The van der Waals surface area contributed by atoms with Crippen molar-refractivity contribution in [2.75, 3.05) is 7.05 Å². The fourth-order valence-electron chi connectivity index (χ4n) is 0.632. The van der Waals surface area contributed by atoms with E-state index in [1.165, 1.54) is 0 Å². The Labute approximate surface area is 68.0 Å². The van der Waals surface area contributed by atoms with Crippen LogP contribution >= 0.6 is 0 Å². The standard InChI is InChI=1S/C7H8N2.C2H6/c1-8-9-7-5-3-2-4-6-7;1-2/h2-6H,1H3;1-2H3/p+1. The van der Waals surface area contributed by atoms with Crippen LogP contribution in [0.1, 0.15) is 13.8 Å². The molecule has 0 saturated heterocycles. The monoisotopic (exact) mass is 151 g/mol. The second-order valence-corrected chi connectivity index (χ2v) is 1.67. The van der Waals surface area contributed by atoms with Crippen molar-refractivity contribution < 1.29 is 5.11 Å². The maximum atomic E-state index is 3.96. The Hall–Kier alpha value is -1.18. The Morgan fingerprint density at radius 1 is 1.09 bits per heavy atom. The molecule has 2 nitrogen and oxygen atoms in total. The van der Waals surface area contributed by atoms with Gasteiger partial charge < -0.3 is 0 Å². The van der Waals surface area contributed by atoms with Crippen molar-refractivity contribution in [1.29, 1.82) is 0 Å². The molecule has 2 heteroatoms. The minimum absolute atomic E-state index is 0.958. The summed E-state index contributed by atoms with van der Waals surface area (Å²) in [5, 5.41) is 6.67. The fraction of sp³-hybridized carbons (Fsp3) is 0.333. The molecule has 0 fully saturated rings. The van der Waals surface area contributed by atoms with Gasteiger partial charge in [-0.2, -0.15) is 0 Å². The lowest BCUT2D eigenvalue weighted by Gasteiger charge is -1.81. The molecule has 0 aromatic heterocycles. The van der Waals surface area contributed by atoms with Crippen molar-refractivity contribution >= 4 is 5.69 Å². The van der Waals surface area contributed by atoms with Gasteiger partial charge in [-0.15, -0.1) is 5.11 Å². The molecule has 0 aliphatic heterocycles. The van der Waals surface area contributed by atoms with E-state index in [-0.39, 0.29) is 0 Å². The van der Waals surface area contributed by atoms with Crippen molar-refractivity contribution in [3.63, 3.8) is 0 Å². The molecule has 1 N–H and O–H groups in total. The molecule has 0 atom stereocenters. The molecule has 1 aromatic carbocycles. The van der Waals surface area contributed by atoms with E-state index in [0.717, 1.165) is 5.69 Å². The van der Waals surface area contributed by atoms with Gasteiger partial charge >= 0.3 is 0 Å². The summed E-state index contributed by atoms with van der Waals surface area (Å²) in [6.07, 6.45) is 0. The van der Waals surface area contributed by atoms with Crippen molar-refractivity contribution in [3.05, 3.63) is 30.3 Å². The van der Waals surface area contributed by atoms with E-state index in [0.29, 0.717) is 0 Å². The third-order valence-corrected chi connectivity index (χ3v) is 0.997. The van der Waals surface area contributed by atoms with Crippen LogP contribution in [0.3, 0.4) is 0 Å². The van der Waals surface area contributed by atoms with Crippen LogP contribution in [0, 0.1) is 0 Å². The summed E-state index contributed by atoms with van der Waals surface area (Å²) in [6, 6.07) is 9.76. The lowest BCUT2D eigenvalue weighted by Crippen LogP contribution is -2.58. The molecule has 0 radical (unpaired) electrons. The Kier molecular flexibility index (Phi) is 6.19. The van der Waals surface area contributed by atoms with E-state index in [4.69, 9.17) is 0 Å². The van der Waals surface area contributed by atoms with E-state index >= 15 is 0 Å². The van der Waals surface area contributed by atoms with Gasteiger partial charge in [0.1, 0.15) is 5.69 Å². The number of benzene rings is 1. The molecule has 0 unspecified atom stereocenters. The van der Waals surface area contributed by atoms with E-state index in [1.54, 1.807) is 7.05 Å². The first-order valence-corrected chi connectivity index (χ1v) is 3.86. The number of rotatable bonds is 1. The fourth-order valence-corrected chi connectivity index (χ4v) is 0.632. The molecule has 0 spiro atoms. The molecule has 11 heavy (non-hydrogen) atoms. The lowest BCUT2D eigenvalue weighted by atomic mass is 10.3. The number of hydrogen-bond donors (Lipinski definition) is 1. The second kappa shape index (κ2) is 6.93. The molecule has 0 amide bonds. The van der Waals surface area contributed by atoms with Crippen molar-refractivity contribution in [1.82, 2.24) is 0 Å². The highest BCUT2D eigenvalue weighted by Gasteiger charge is 1.84. The lowest BCUT2D eigenvalue weighted by molar-refractivity contribution is -0.494. The number of nitrogens with one attached hydrogen (secondary N) is 1. The Balaban J connectivity index is 0.000000461. The molecule has 0 saturated carbocycles. The van der Waals surface area contributed by atoms with Gasteiger partial charge in [0.25, 0.3) is 0 Å². The maximum absolute atomic E-state index is 3.96. The molecular weight excluding hydrogens is 136 g/mol.